The van der Waals surface area contributed by atoms with Gasteiger partial charge in [0.15, 0.2) is 6.61 Å². The molecule has 5 fully saturated rings. The third kappa shape index (κ3) is 4.31. The summed E-state index contributed by atoms with van der Waals surface area (Å²) in [5.41, 5.74) is 0.131. The standard InChI is InChI=1S/C19H26N2O4S2/c22-15(20-1-2-21-16(23)11-27-18(21)26)10-25-17(24)9-19-6-12-3-13(7-19)5-14(4-12)8-19/h12-14H,1-11H2,(H,20,22). The van der Waals surface area contributed by atoms with E-state index in [2.05, 4.69) is 5.32 Å². The van der Waals surface area contributed by atoms with Crippen LogP contribution < -0.4 is 5.32 Å². The van der Waals surface area contributed by atoms with Crippen LogP contribution in [0.5, 0.6) is 0 Å². The molecule has 4 saturated carbocycles. The van der Waals surface area contributed by atoms with E-state index in [1.165, 1.54) is 35.9 Å². The van der Waals surface area contributed by atoms with Crippen molar-refractivity contribution in [3.05, 3.63) is 0 Å². The molecule has 6 nitrogen and oxygen atoms in total. The van der Waals surface area contributed by atoms with Gasteiger partial charge < -0.3 is 10.1 Å². The number of rotatable bonds is 7. The maximum Gasteiger partial charge on any atom is 0.306 e. The third-order valence-electron chi connectivity index (χ3n) is 6.55. The maximum absolute atomic E-state index is 12.3. The molecule has 4 aliphatic carbocycles. The Labute approximate surface area is 169 Å². The average molecular weight is 411 g/mol. The van der Waals surface area contributed by atoms with Crippen molar-refractivity contribution in [1.82, 2.24) is 10.2 Å². The fourth-order valence-corrected chi connectivity index (χ4v) is 7.09. The molecule has 0 atom stereocenters. The van der Waals surface area contributed by atoms with E-state index >= 15 is 0 Å². The van der Waals surface area contributed by atoms with Gasteiger partial charge in [0.2, 0.25) is 5.91 Å². The fraction of sp³-hybridized carbons (Fsp3) is 0.789. The number of ether oxygens (including phenoxy) is 1. The number of amides is 2. The van der Waals surface area contributed by atoms with E-state index in [0.717, 1.165) is 37.0 Å². The van der Waals surface area contributed by atoms with Gasteiger partial charge in [-0.2, -0.15) is 0 Å². The van der Waals surface area contributed by atoms with E-state index in [4.69, 9.17) is 17.0 Å². The summed E-state index contributed by atoms with van der Waals surface area (Å²) in [7, 11) is 0. The summed E-state index contributed by atoms with van der Waals surface area (Å²) in [6.45, 7) is 0.410. The molecule has 5 aliphatic rings. The van der Waals surface area contributed by atoms with Gasteiger partial charge in [-0.1, -0.05) is 24.0 Å². The molecular weight excluding hydrogens is 384 g/mol. The predicted molar refractivity (Wildman–Crippen MR) is 106 cm³/mol. The van der Waals surface area contributed by atoms with Crippen LogP contribution in [0.15, 0.2) is 0 Å². The minimum atomic E-state index is -0.334. The van der Waals surface area contributed by atoms with E-state index in [1.807, 2.05) is 0 Å². The van der Waals surface area contributed by atoms with Gasteiger partial charge in [0.1, 0.15) is 4.32 Å². The molecule has 0 unspecified atom stereocenters. The van der Waals surface area contributed by atoms with E-state index < -0.39 is 0 Å². The smallest absolute Gasteiger partial charge is 0.306 e. The van der Waals surface area contributed by atoms with Gasteiger partial charge in [0.25, 0.3) is 5.91 Å². The van der Waals surface area contributed by atoms with Gasteiger partial charge in [-0.3, -0.25) is 19.3 Å². The van der Waals surface area contributed by atoms with Crippen molar-refractivity contribution in [2.75, 3.05) is 25.4 Å². The highest BCUT2D eigenvalue weighted by atomic mass is 32.2. The zero-order chi connectivity index (χ0) is 19.0. The molecule has 4 bridgehead atoms. The second-order valence-corrected chi connectivity index (χ2v) is 10.3. The predicted octanol–water partition coefficient (Wildman–Crippen LogP) is 2.11. The lowest BCUT2D eigenvalue weighted by Gasteiger charge is -2.56. The molecular formula is C19H26N2O4S2. The zero-order valence-electron chi connectivity index (χ0n) is 15.4. The van der Waals surface area contributed by atoms with Crippen molar-refractivity contribution >= 4 is 46.1 Å². The van der Waals surface area contributed by atoms with E-state index in [9.17, 15) is 14.4 Å². The lowest BCUT2D eigenvalue weighted by atomic mass is 9.49. The van der Waals surface area contributed by atoms with Gasteiger partial charge >= 0.3 is 5.97 Å². The molecule has 148 valence electrons. The SMILES string of the molecule is O=C(COC(=O)CC12CC3CC(CC(C3)C1)C2)NCCN1C(=O)CSC1=S. The molecule has 0 aromatic rings. The Morgan fingerprint density at radius 1 is 1.19 bits per heavy atom. The monoisotopic (exact) mass is 410 g/mol. The zero-order valence-corrected chi connectivity index (χ0v) is 17.0. The van der Waals surface area contributed by atoms with Gasteiger partial charge in [-0.15, -0.1) is 0 Å². The van der Waals surface area contributed by atoms with Crippen LogP contribution in [-0.2, 0) is 19.1 Å². The molecule has 0 radical (unpaired) electrons. The van der Waals surface area contributed by atoms with Crippen molar-refractivity contribution in [2.45, 2.75) is 44.9 Å². The number of hydrogen-bond donors (Lipinski definition) is 1. The van der Waals surface area contributed by atoms with Crippen LogP contribution in [0.1, 0.15) is 44.9 Å². The summed E-state index contributed by atoms with van der Waals surface area (Å²) in [4.78, 5) is 37.4. The van der Waals surface area contributed by atoms with Crippen LogP contribution in [0.4, 0.5) is 0 Å². The highest BCUT2D eigenvalue weighted by Crippen LogP contribution is 2.61. The normalized spacial score (nSPS) is 34.2. The molecule has 1 aliphatic heterocycles. The largest absolute Gasteiger partial charge is 0.456 e. The highest BCUT2D eigenvalue weighted by molar-refractivity contribution is 8.23. The molecule has 8 heteroatoms. The Kier molecular flexibility index (Phi) is 5.47. The number of carbonyl (C=O) groups is 3. The van der Waals surface area contributed by atoms with Crippen LogP contribution in [-0.4, -0.2) is 52.5 Å². The number of nitrogens with zero attached hydrogens (tertiary/aromatic N) is 1. The van der Waals surface area contributed by atoms with Gasteiger partial charge in [-0.25, -0.2) is 0 Å². The molecule has 5 rings (SSSR count). The van der Waals surface area contributed by atoms with Crippen LogP contribution in [0, 0.1) is 23.2 Å². The highest BCUT2D eigenvalue weighted by Gasteiger charge is 2.51. The number of nitrogens with one attached hydrogen (secondary N) is 1. The number of hydrogen-bond acceptors (Lipinski definition) is 6. The van der Waals surface area contributed by atoms with Crippen LogP contribution in [0.2, 0.25) is 0 Å². The molecule has 0 aromatic carbocycles. The number of thiocarbonyl (C=S) groups is 1. The van der Waals surface area contributed by atoms with Crippen LogP contribution >= 0.6 is 24.0 Å². The van der Waals surface area contributed by atoms with Crippen molar-refractivity contribution in [1.29, 1.82) is 0 Å². The summed E-state index contributed by atoms with van der Waals surface area (Å²) in [6.07, 6.45) is 7.96. The van der Waals surface area contributed by atoms with Crippen molar-refractivity contribution in [3.8, 4) is 0 Å². The first kappa shape index (κ1) is 19.2. The van der Waals surface area contributed by atoms with Crippen LogP contribution in [0.25, 0.3) is 0 Å². The molecule has 0 spiro atoms. The first-order valence-corrected chi connectivity index (χ1v) is 11.2. The van der Waals surface area contributed by atoms with Gasteiger partial charge in [-0.05, 0) is 61.7 Å². The topological polar surface area (TPSA) is 75.7 Å². The van der Waals surface area contributed by atoms with Crippen LogP contribution in [0.3, 0.4) is 0 Å². The lowest BCUT2D eigenvalue weighted by molar-refractivity contribution is -0.155. The minimum Gasteiger partial charge on any atom is -0.456 e. The van der Waals surface area contributed by atoms with Crippen molar-refractivity contribution in [3.63, 3.8) is 0 Å². The quantitative estimate of drug-likeness (QED) is 0.512. The lowest BCUT2D eigenvalue weighted by Crippen LogP contribution is -2.47. The van der Waals surface area contributed by atoms with E-state index in [-0.39, 0.29) is 29.8 Å². The van der Waals surface area contributed by atoms with E-state index in [1.54, 1.807) is 0 Å². The first-order valence-electron chi connectivity index (χ1n) is 9.82. The number of thioether (sulfide) groups is 1. The number of carbonyl (C=O) groups excluding carboxylic acids is 3. The summed E-state index contributed by atoms with van der Waals surface area (Å²) < 4.78 is 5.80. The first-order chi connectivity index (χ1) is 12.9. The molecule has 27 heavy (non-hydrogen) atoms. The summed E-state index contributed by atoms with van der Waals surface area (Å²) in [5, 5.41) is 2.69. The van der Waals surface area contributed by atoms with Gasteiger partial charge in [0, 0.05) is 13.1 Å². The Balaban J connectivity index is 1.17. The third-order valence-corrected chi connectivity index (χ3v) is 7.98. The maximum atomic E-state index is 12.3. The molecule has 2 amide bonds. The molecule has 1 N–H and O–H groups in total. The Morgan fingerprint density at radius 3 is 2.37 bits per heavy atom. The molecule has 0 aromatic heterocycles. The fourth-order valence-electron chi connectivity index (χ4n) is 5.97. The van der Waals surface area contributed by atoms with Gasteiger partial charge in [0.05, 0.1) is 12.2 Å². The summed E-state index contributed by atoms with van der Waals surface area (Å²) in [6, 6.07) is 0. The van der Waals surface area contributed by atoms with Crippen molar-refractivity contribution in [2.24, 2.45) is 23.2 Å². The Bertz CT molecular complexity index is 615. The second kappa shape index (κ2) is 7.70. The molecule has 1 heterocycles. The second-order valence-electron chi connectivity index (χ2n) is 8.70. The minimum absolute atomic E-state index is 0.0266. The molecule has 1 saturated heterocycles. The summed E-state index contributed by atoms with van der Waals surface area (Å²) >= 11 is 6.43. The Hall–Kier alpha value is -1.15. The van der Waals surface area contributed by atoms with Crippen molar-refractivity contribution < 1.29 is 19.1 Å². The summed E-state index contributed by atoms with van der Waals surface area (Å²) in [5.74, 6) is 2.15. The number of esters is 1. The Morgan fingerprint density at radius 2 is 1.81 bits per heavy atom. The van der Waals surface area contributed by atoms with E-state index in [0.29, 0.717) is 29.6 Å². The average Bonchev–Trinajstić information content (AvgIpc) is 2.90.